The van der Waals surface area contributed by atoms with Gasteiger partial charge in [-0.05, 0) is 30.0 Å². The molecular formula is C25H28FN5O2. The van der Waals surface area contributed by atoms with Gasteiger partial charge in [0.15, 0.2) is 0 Å². The molecule has 33 heavy (non-hydrogen) atoms. The zero-order chi connectivity index (χ0) is 23.2. The van der Waals surface area contributed by atoms with Crippen molar-refractivity contribution in [2.45, 2.75) is 26.3 Å². The second-order valence-corrected chi connectivity index (χ2v) is 8.34. The van der Waals surface area contributed by atoms with E-state index in [0.29, 0.717) is 38.2 Å². The topological polar surface area (TPSA) is 71.3 Å². The Morgan fingerprint density at radius 1 is 1.12 bits per heavy atom. The summed E-state index contributed by atoms with van der Waals surface area (Å²) in [6, 6.07) is 14.3. The van der Waals surface area contributed by atoms with E-state index in [1.165, 1.54) is 23.4 Å². The highest BCUT2D eigenvalue weighted by Gasteiger charge is 2.32. The largest absolute Gasteiger partial charge is 0.341 e. The number of nitrogens with zero attached hydrogens (tertiary/aromatic N) is 5. The van der Waals surface area contributed by atoms with E-state index in [4.69, 9.17) is 0 Å². The first-order valence-corrected chi connectivity index (χ1v) is 11.3. The molecule has 3 aromatic rings. The second-order valence-electron chi connectivity index (χ2n) is 8.34. The molecule has 0 aliphatic carbocycles. The summed E-state index contributed by atoms with van der Waals surface area (Å²) in [5, 5.41) is 4.01. The molecule has 1 atom stereocenters. The fraction of sp³-hybridized carbons (Fsp3) is 0.360. The molecule has 0 radical (unpaired) electrons. The van der Waals surface area contributed by atoms with Crippen LogP contribution in [0, 0.1) is 11.7 Å². The Morgan fingerprint density at radius 2 is 1.91 bits per heavy atom. The Hall–Kier alpha value is -3.55. The molecule has 0 unspecified atom stereocenters. The van der Waals surface area contributed by atoms with E-state index in [9.17, 15) is 14.0 Å². The first-order valence-electron chi connectivity index (χ1n) is 11.3. The maximum Gasteiger partial charge on any atom is 0.244 e. The van der Waals surface area contributed by atoms with Gasteiger partial charge in [-0.1, -0.05) is 49.4 Å². The summed E-state index contributed by atoms with van der Waals surface area (Å²) >= 11 is 0. The molecule has 1 aliphatic rings. The lowest BCUT2D eigenvalue weighted by Gasteiger charge is -2.24. The molecule has 172 valence electrons. The highest BCUT2D eigenvalue weighted by atomic mass is 19.1. The van der Waals surface area contributed by atoms with Crippen LogP contribution in [0.1, 0.15) is 18.9 Å². The van der Waals surface area contributed by atoms with E-state index in [-0.39, 0.29) is 30.1 Å². The van der Waals surface area contributed by atoms with Crippen LogP contribution in [0.4, 0.5) is 4.39 Å². The second kappa shape index (κ2) is 10.4. The van der Waals surface area contributed by atoms with E-state index < -0.39 is 0 Å². The van der Waals surface area contributed by atoms with Crippen molar-refractivity contribution in [3.63, 3.8) is 0 Å². The molecular weight excluding hydrogens is 421 g/mol. The fourth-order valence-electron chi connectivity index (χ4n) is 4.27. The van der Waals surface area contributed by atoms with Crippen molar-refractivity contribution >= 4 is 11.8 Å². The van der Waals surface area contributed by atoms with Gasteiger partial charge in [0, 0.05) is 31.7 Å². The molecule has 1 aliphatic heterocycles. The lowest BCUT2D eigenvalue weighted by molar-refractivity contribution is -0.135. The number of hydrogen-bond acceptors (Lipinski definition) is 4. The number of carbonyl (C=O) groups excluding carboxylic acids is 2. The first kappa shape index (κ1) is 22.6. The van der Waals surface area contributed by atoms with Gasteiger partial charge in [-0.2, -0.15) is 5.10 Å². The third kappa shape index (κ3) is 5.45. The maximum atomic E-state index is 14.1. The summed E-state index contributed by atoms with van der Waals surface area (Å²) in [7, 11) is 0. The van der Waals surface area contributed by atoms with Crippen LogP contribution >= 0.6 is 0 Å². The molecule has 2 heterocycles. The quantitative estimate of drug-likeness (QED) is 0.556. The summed E-state index contributed by atoms with van der Waals surface area (Å²) in [6.45, 7) is 4.21. The molecule has 2 aromatic carbocycles. The van der Waals surface area contributed by atoms with Crippen LogP contribution in [0.3, 0.4) is 0 Å². The van der Waals surface area contributed by atoms with Crippen LogP contribution in [0.5, 0.6) is 0 Å². The van der Waals surface area contributed by atoms with E-state index in [0.717, 1.165) is 17.5 Å². The lowest BCUT2D eigenvalue weighted by Crippen LogP contribution is -2.39. The standard InChI is InChI=1S/C25H28FN5O2/c1-2-11-29-12-13-30(24(32)16-31-18-27-17-28-31)15-21(25(29)33)14-19-7-9-20(10-8-19)22-5-3-4-6-23(22)26/h3-10,17-18,21H,2,11-16H2,1H3/t21-/m0/s1. The Bertz CT molecular complexity index is 1080. The predicted molar refractivity (Wildman–Crippen MR) is 123 cm³/mol. The lowest BCUT2D eigenvalue weighted by atomic mass is 9.95. The Labute approximate surface area is 192 Å². The highest BCUT2D eigenvalue weighted by Crippen LogP contribution is 2.24. The van der Waals surface area contributed by atoms with Gasteiger partial charge in [0.25, 0.3) is 0 Å². The van der Waals surface area contributed by atoms with Crippen LogP contribution < -0.4 is 0 Å². The summed E-state index contributed by atoms with van der Waals surface area (Å²) in [4.78, 5) is 33.7. The summed E-state index contributed by atoms with van der Waals surface area (Å²) in [5.74, 6) is -0.600. The van der Waals surface area contributed by atoms with E-state index >= 15 is 0 Å². The average molecular weight is 450 g/mol. The smallest absolute Gasteiger partial charge is 0.244 e. The van der Waals surface area contributed by atoms with Crippen molar-refractivity contribution in [1.82, 2.24) is 24.6 Å². The predicted octanol–water partition coefficient (Wildman–Crippen LogP) is 3.02. The van der Waals surface area contributed by atoms with Gasteiger partial charge in [0.1, 0.15) is 25.0 Å². The van der Waals surface area contributed by atoms with Crippen molar-refractivity contribution in [1.29, 1.82) is 0 Å². The van der Waals surface area contributed by atoms with Gasteiger partial charge < -0.3 is 9.80 Å². The van der Waals surface area contributed by atoms with Crippen molar-refractivity contribution in [2.75, 3.05) is 26.2 Å². The third-order valence-electron chi connectivity index (χ3n) is 5.97. The summed E-state index contributed by atoms with van der Waals surface area (Å²) in [5.41, 5.74) is 2.32. The number of amides is 2. The van der Waals surface area contributed by atoms with Crippen molar-refractivity contribution in [3.8, 4) is 11.1 Å². The SMILES string of the molecule is CCCN1CCN(C(=O)Cn2cncn2)C[C@H](Cc2ccc(-c3ccccc3F)cc2)C1=O. The van der Waals surface area contributed by atoms with Gasteiger partial charge in [0.05, 0.1) is 5.92 Å². The molecule has 0 N–H and O–H groups in total. The Kier molecular flexibility index (Phi) is 7.12. The number of benzene rings is 2. The monoisotopic (exact) mass is 449 g/mol. The van der Waals surface area contributed by atoms with Gasteiger partial charge in [-0.15, -0.1) is 0 Å². The van der Waals surface area contributed by atoms with Gasteiger partial charge in [0.2, 0.25) is 11.8 Å². The molecule has 0 spiro atoms. The normalized spacial score (nSPS) is 16.7. The number of carbonyl (C=O) groups is 2. The van der Waals surface area contributed by atoms with E-state index in [2.05, 4.69) is 10.1 Å². The zero-order valence-corrected chi connectivity index (χ0v) is 18.7. The number of halogens is 1. The van der Waals surface area contributed by atoms with Gasteiger partial charge >= 0.3 is 0 Å². The van der Waals surface area contributed by atoms with Crippen LogP contribution in [0.2, 0.25) is 0 Å². The number of aromatic nitrogens is 3. The third-order valence-corrected chi connectivity index (χ3v) is 5.97. The van der Waals surface area contributed by atoms with Crippen molar-refractivity contribution in [3.05, 3.63) is 72.6 Å². The molecule has 2 amide bonds. The van der Waals surface area contributed by atoms with E-state index in [1.54, 1.807) is 17.0 Å². The number of hydrogen-bond donors (Lipinski definition) is 0. The average Bonchev–Trinajstić information content (AvgIpc) is 3.28. The molecule has 1 saturated heterocycles. The van der Waals surface area contributed by atoms with E-state index in [1.807, 2.05) is 42.2 Å². The minimum atomic E-state index is -0.335. The molecule has 8 heteroatoms. The van der Waals surface area contributed by atoms with Crippen LogP contribution in [-0.4, -0.2) is 62.6 Å². The summed E-state index contributed by atoms with van der Waals surface area (Å²) < 4.78 is 15.6. The maximum absolute atomic E-state index is 14.1. The molecule has 7 nitrogen and oxygen atoms in total. The highest BCUT2D eigenvalue weighted by molar-refractivity contribution is 5.82. The summed E-state index contributed by atoms with van der Waals surface area (Å²) in [6.07, 6.45) is 4.29. The molecule has 1 fully saturated rings. The molecule has 0 bridgehead atoms. The van der Waals surface area contributed by atoms with Gasteiger partial charge in [-0.3, -0.25) is 9.59 Å². The Morgan fingerprint density at radius 3 is 2.61 bits per heavy atom. The molecule has 0 saturated carbocycles. The van der Waals surface area contributed by atoms with Gasteiger partial charge in [-0.25, -0.2) is 14.1 Å². The van der Waals surface area contributed by atoms with Crippen LogP contribution in [0.25, 0.3) is 11.1 Å². The molecule has 4 rings (SSSR count). The van der Waals surface area contributed by atoms with Crippen LogP contribution in [-0.2, 0) is 22.6 Å². The molecule has 1 aromatic heterocycles. The number of rotatable bonds is 7. The fourth-order valence-corrected chi connectivity index (χ4v) is 4.27. The minimum absolute atomic E-state index is 0.0751. The zero-order valence-electron chi connectivity index (χ0n) is 18.7. The first-order chi connectivity index (χ1) is 16.0. The van der Waals surface area contributed by atoms with Crippen molar-refractivity contribution < 1.29 is 14.0 Å². The van der Waals surface area contributed by atoms with Crippen LogP contribution in [0.15, 0.2) is 61.2 Å². The Balaban J connectivity index is 1.51. The van der Waals surface area contributed by atoms with Crippen molar-refractivity contribution in [2.24, 2.45) is 5.92 Å². The minimum Gasteiger partial charge on any atom is -0.341 e.